The van der Waals surface area contributed by atoms with Gasteiger partial charge in [-0.1, -0.05) is 30.3 Å². The number of benzene rings is 1. The standard InChI is InChI=1S/C24H29N3O2S/c28-18-21-9-5-13-27(21)17-20-8-2-1-7-19(20)16-25-24(29)15-22(23-10-6-14-30-23)26-11-3-4-12-26/h1-4,6-8,10-12,14,21-22,28H,5,9,13,15-18H2,(H,25,29)/t21-,22+/m1/s1. The molecule has 0 saturated carbocycles. The summed E-state index contributed by atoms with van der Waals surface area (Å²) in [5.74, 6) is 0.0475. The topological polar surface area (TPSA) is 57.5 Å². The maximum atomic E-state index is 12.8. The molecule has 2 atom stereocenters. The number of likely N-dealkylation sites (tertiary alicyclic amines) is 1. The largest absolute Gasteiger partial charge is 0.395 e. The maximum absolute atomic E-state index is 12.8. The first kappa shape index (κ1) is 20.8. The van der Waals surface area contributed by atoms with Crippen LogP contribution in [-0.2, 0) is 17.9 Å². The second kappa shape index (κ2) is 10.1. The number of amides is 1. The predicted molar refractivity (Wildman–Crippen MR) is 120 cm³/mol. The number of aromatic nitrogens is 1. The van der Waals surface area contributed by atoms with Gasteiger partial charge in [0.15, 0.2) is 0 Å². The van der Waals surface area contributed by atoms with Crippen LogP contribution in [0.5, 0.6) is 0 Å². The van der Waals surface area contributed by atoms with Gasteiger partial charge in [0.05, 0.1) is 19.1 Å². The fourth-order valence-electron chi connectivity index (χ4n) is 4.24. The third-order valence-corrected chi connectivity index (χ3v) is 6.89. The van der Waals surface area contributed by atoms with Gasteiger partial charge in [-0.2, -0.15) is 0 Å². The van der Waals surface area contributed by atoms with Crippen molar-refractivity contribution in [3.05, 3.63) is 82.3 Å². The summed E-state index contributed by atoms with van der Waals surface area (Å²) in [5.41, 5.74) is 2.36. The molecule has 3 aromatic rings. The van der Waals surface area contributed by atoms with Crippen molar-refractivity contribution < 1.29 is 9.90 Å². The monoisotopic (exact) mass is 423 g/mol. The van der Waals surface area contributed by atoms with Crippen LogP contribution in [0, 0.1) is 0 Å². The summed E-state index contributed by atoms with van der Waals surface area (Å²) in [6, 6.07) is 16.7. The molecule has 0 bridgehead atoms. The highest BCUT2D eigenvalue weighted by Crippen LogP contribution is 2.26. The Hall–Kier alpha value is -2.41. The fourth-order valence-corrected chi connectivity index (χ4v) is 5.08. The molecule has 158 valence electrons. The number of carbonyl (C=O) groups is 1. The summed E-state index contributed by atoms with van der Waals surface area (Å²) in [4.78, 5) is 16.3. The first-order valence-electron chi connectivity index (χ1n) is 10.6. The maximum Gasteiger partial charge on any atom is 0.222 e. The minimum absolute atomic E-state index is 0.0187. The zero-order valence-corrected chi connectivity index (χ0v) is 17.9. The molecular formula is C24H29N3O2S. The molecule has 1 aromatic carbocycles. The van der Waals surface area contributed by atoms with E-state index < -0.39 is 0 Å². The minimum Gasteiger partial charge on any atom is -0.395 e. The lowest BCUT2D eigenvalue weighted by Crippen LogP contribution is -2.32. The summed E-state index contributed by atoms with van der Waals surface area (Å²) in [5, 5.41) is 14.8. The minimum atomic E-state index is 0.0187. The average molecular weight is 424 g/mol. The summed E-state index contributed by atoms with van der Waals surface area (Å²) in [7, 11) is 0. The number of thiophene rings is 1. The molecule has 30 heavy (non-hydrogen) atoms. The smallest absolute Gasteiger partial charge is 0.222 e. The van der Waals surface area contributed by atoms with Crippen LogP contribution in [0.15, 0.2) is 66.3 Å². The molecule has 1 amide bonds. The Morgan fingerprint density at radius 3 is 2.67 bits per heavy atom. The van der Waals surface area contributed by atoms with Crippen molar-refractivity contribution in [3.63, 3.8) is 0 Å². The van der Waals surface area contributed by atoms with Gasteiger partial charge in [-0.25, -0.2) is 0 Å². The normalized spacial score (nSPS) is 17.8. The predicted octanol–water partition coefficient (Wildman–Crippen LogP) is 3.80. The van der Waals surface area contributed by atoms with E-state index >= 15 is 0 Å². The van der Waals surface area contributed by atoms with Gasteiger partial charge in [-0.15, -0.1) is 11.3 Å². The number of aliphatic hydroxyl groups excluding tert-OH is 1. The van der Waals surface area contributed by atoms with Crippen molar-refractivity contribution in [1.82, 2.24) is 14.8 Å². The number of carbonyl (C=O) groups excluding carboxylic acids is 1. The zero-order valence-electron chi connectivity index (χ0n) is 17.1. The van der Waals surface area contributed by atoms with Crippen molar-refractivity contribution in [2.75, 3.05) is 13.2 Å². The zero-order chi connectivity index (χ0) is 20.8. The SMILES string of the molecule is O=C(C[C@@H](c1cccs1)n1cccc1)NCc1ccccc1CN1CCC[C@@H]1CO. The van der Waals surface area contributed by atoms with E-state index in [1.165, 1.54) is 10.4 Å². The molecule has 1 saturated heterocycles. The van der Waals surface area contributed by atoms with Crippen LogP contribution in [0.4, 0.5) is 0 Å². The molecule has 4 rings (SSSR count). The first-order valence-corrected chi connectivity index (χ1v) is 11.5. The van der Waals surface area contributed by atoms with E-state index in [0.717, 1.165) is 31.5 Å². The Morgan fingerprint density at radius 2 is 1.93 bits per heavy atom. The number of hydrogen-bond acceptors (Lipinski definition) is 4. The Bertz CT molecular complexity index is 890. The van der Waals surface area contributed by atoms with E-state index in [1.807, 2.05) is 42.7 Å². The number of nitrogens with one attached hydrogen (secondary N) is 1. The van der Waals surface area contributed by atoms with Gasteiger partial charge >= 0.3 is 0 Å². The van der Waals surface area contributed by atoms with Crippen LogP contribution >= 0.6 is 11.3 Å². The molecule has 0 aliphatic carbocycles. The molecule has 0 unspecified atom stereocenters. The number of nitrogens with zero attached hydrogens (tertiary/aromatic N) is 2. The number of rotatable bonds is 9. The fraction of sp³-hybridized carbons (Fsp3) is 0.375. The molecule has 1 aliphatic heterocycles. The van der Waals surface area contributed by atoms with Crippen LogP contribution in [0.2, 0.25) is 0 Å². The van der Waals surface area contributed by atoms with Gasteiger partial charge < -0.3 is 15.0 Å². The molecular weight excluding hydrogens is 394 g/mol. The molecule has 3 heterocycles. The van der Waals surface area contributed by atoms with Crippen molar-refractivity contribution >= 4 is 17.2 Å². The Balaban J connectivity index is 1.39. The highest BCUT2D eigenvalue weighted by atomic mass is 32.1. The quantitative estimate of drug-likeness (QED) is 0.550. The van der Waals surface area contributed by atoms with E-state index in [9.17, 15) is 9.90 Å². The Morgan fingerprint density at radius 1 is 1.13 bits per heavy atom. The summed E-state index contributed by atoms with van der Waals surface area (Å²) >= 11 is 1.68. The molecule has 6 heteroatoms. The Kier molecular flexibility index (Phi) is 7.00. The number of aliphatic hydroxyl groups is 1. The third kappa shape index (κ3) is 5.01. The lowest BCUT2D eigenvalue weighted by molar-refractivity contribution is -0.121. The second-order valence-electron chi connectivity index (χ2n) is 7.86. The van der Waals surface area contributed by atoms with E-state index in [-0.39, 0.29) is 24.6 Å². The molecule has 2 aromatic heterocycles. The highest BCUT2D eigenvalue weighted by molar-refractivity contribution is 7.10. The molecule has 0 radical (unpaired) electrons. The average Bonchev–Trinajstić information content (AvgIpc) is 3.54. The van der Waals surface area contributed by atoms with Crippen LogP contribution in [0.1, 0.15) is 41.3 Å². The van der Waals surface area contributed by atoms with Gasteiger partial charge in [0.1, 0.15) is 0 Å². The number of hydrogen-bond donors (Lipinski definition) is 2. The van der Waals surface area contributed by atoms with Crippen LogP contribution in [0.3, 0.4) is 0 Å². The molecule has 1 fully saturated rings. The van der Waals surface area contributed by atoms with Gasteiger partial charge in [0.25, 0.3) is 0 Å². The van der Waals surface area contributed by atoms with Gasteiger partial charge in [-0.3, -0.25) is 9.69 Å². The summed E-state index contributed by atoms with van der Waals surface area (Å²) < 4.78 is 2.10. The van der Waals surface area contributed by atoms with E-state index in [0.29, 0.717) is 13.0 Å². The van der Waals surface area contributed by atoms with Crippen molar-refractivity contribution in [2.24, 2.45) is 0 Å². The molecule has 5 nitrogen and oxygen atoms in total. The van der Waals surface area contributed by atoms with E-state index in [1.54, 1.807) is 11.3 Å². The molecule has 2 N–H and O–H groups in total. The van der Waals surface area contributed by atoms with Crippen LogP contribution in [0.25, 0.3) is 0 Å². The van der Waals surface area contributed by atoms with Crippen LogP contribution < -0.4 is 5.32 Å². The third-order valence-electron chi connectivity index (χ3n) is 5.92. The lowest BCUT2D eigenvalue weighted by atomic mass is 10.1. The van der Waals surface area contributed by atoms with Crippen molar-refractivity contribution in [1.29, 1.82) is 0 Å². The van der Waals surface area contributed by atoms with Crippen LogP contribution in [-0.4, -0.2) is 39.7 Å². The second-order valence-corrected chi connectivity index (χ2v) is 8.84. The van der Waals surface area contributed by atoms with Crippen molar-refractivity contribution in [3.8, 4) is 0 Å². The van der Waals surface area contributed by atoms with E-state index in [2.05, 4.69) is 38.4 Å². The molecule has 0 spiro atoms. The first-order chi connectivity index (χ1) is 14.7. The lowest BCUT2D eigenvalue weighted by Gasteiger charge is -2.24. The van der Waals surface area contributed by atoms with Gasteiger partial charge in [0, 0.05) is 36.4 Å². The van der Waals surface area contributed by atoms with Gasteiger partial charge in [0.2, 0.25) is 5.91 Å². The summed E-state index contributed by atoms with van der Waals surface area (Å²) in [6.45, 7) is 2.57. The molecule has 1 aliphatic rings. The Labute approximate surface area is 182 Å². The highest BCUT2D eigenvalue weighted by Gasteiger charge is 2.24. The van der Waals surface area contributed by atoms with Crippen molar-refractivity contribution in [2.45, 2.75) is 44.4 Å². The van der Waals surface area contributed by atoms with Gasteiger partial charge in [-0.05, 0) is 54.1 Å². The van der Waals surface area contributed by atoms with E-state index in [4.69, 9.17) is 0 Å². The summed E-state index contributed by atoms with van der Waals surface area (Å²) in [6.07, 6.45) is 6.63.